The molecule has 2 rings (SSSR count). The minimum absolute atomic E-state index is 0.329. The molecule has 1 aliphatic carbocycles. The van der Waals surface area contributed by atoms with Gasteiger partial charge in [0.1, 0.15) is 0 Å². The maximum absolute atomic E-state index is 5.74. The van der Waals surface area contributed by atoms with E-state index < -0.39 is 0 Å². The van der Waals surface area contributed by atoms with Crippen LogP contribution in [0.5, 0.6) is 0 Å². The topological polar surface area (TPSA) is 15.3 Å². The SMILES string of the molecule is C#CC(CC)N1CC2(CCCCC2)NCC1CC. The van der Waals surface area contributed by atoms with Gasteiger partial charge in [-0.25, -0.2) is 0 Å². The van der Waals surface area contributed by atoms with Gasteiger partial charge in [-0.1, -0.05) is 39.0 Å². The normalized spacial score (nSPS) is 29.9. The third kappa shape index (κ3) is 2.73. The Morgan fingerprint density at radius 1 is 1.33 bits per heavy atom. The van der Waals surface area contributed by atoms with Gasteiger partial charge in [0.2, 0.25) is 0 Å². The molecule has 0 amide bonds. The smallest absolute Gasteiger partial charge is 0.0712 e. The number of terminal acetylenes is 1. The van der Waals surface area contributed by atoms with E-state index in [1.165, 1.54) is 38.5 Å². The molecule has 1 heterocycles. The fourth-order valence-electron chi connectivity index (χ4n) is 3.74. The zero-order valence-electron chi connectivity index (χ0n) is 12.0. The largest absolute Gasteiger partial charge is 0.308 e. The van der Waals surface area contributed by atoms with Gasteiger partial charge in [0.05, 0.1) is 6.04 Å². The van der Waals surface area contributed by atoms with Crippen molar-refractivity contribution in [3.63, 3.8) is 0 Å². The Hall–Kier alpha value is -0.520. The van der Waals surface area contributed by atoms with E-state index in [9.17, 15) is 0 Å². The van der Waals surface area contributed by atoms with Gasteiger partial charge in [0.15, 0.2) is 0 Å². The highest BCUT2D eigenvalue weighted by molar-refractivity contribution is 5.07. The fourth-order valence-corrected chi connectivity index (χ4v) is 3.74. The van der Waals surface area contributed by atoms with Crippen LogP contribution in [0.4, 0.5) is 0 Å². The molecule has 1 spiro atoms. The van der Waals surface area contributed by atoms with Crippen molar-refractivity contribution in [2.45, 2.75) is 76.4 Å². The highest BCUT2D eigenvalue weighted by atomic mass is 15.3. The molecule has 1 saturated heterocycles. The Bertz CT molecular complexity index is 299. The van der Waals surface area contributed by atoms with Crippen LogP contribution in [0.15, 0.2) is 0 Å². The first-order chi connectivity index (χ1) is 8.74. The molecule has 0 aromatic heterocycles. The van der Waals surface area contributed by atoms with Gasteiger partial charge in [0.25, 0.3) is 0 Å². The van der Waals surface area contributed by atoms with Crippen LogP contribution in [-0.2, 0) is 0 Å². The van der Waals surface area contributed by atoms with Crippen LogP contribution in [0.3, 0.4) is 0 Å². The molecule has 0 bridgehead atoms. The minimum Gasteiger partial charge on any atom is -0.308 e. The van der Waals surface area contributed by atoms with Gasteiger partial charge in [-0.3, -0.25) is 4.90 Å². The monoisotopic (exact) mass is 248 g/mol. The fraction of sp³-hybridized carbons (Fsp3) is 0.875. The third-order valence-electron chi connectivity index (χ3n) is 4.93. The summed E-state index contributed by atoms with van der Waals surface area (Å²) < 4.78 is 0. The van der Waals surface area contributed by atoms with Gasteiger partial charge in [-0.05, 0) is 25.7 Å². The molecule has 2 heteroatoms. The Morgan fingerprint density at radius 2 is 2.06 bits per heavy atom. The van der Waals surface area contributed by atoms with Crippen molar-refractivity contribution in [3.05, 3.63) is 0 Å². The Morgan fingerprint density at radius 3 is 2.61 bits per heavy atom. The summed E-state index contributed by atoms with van der Waals surface area (Å²) in [5.41, 5.74) is 0.369. The van der Waals surface area contributed by atoms with Crippen molar-refractivity contribution >= 4 is 0 Å². The molecule has 0 radical (unpaired) electrons. The molecule has 2 nitrogen and oxygen atoms in total. The summed E-state index contributed by atoms with van der Waals surface area (Å²) in [7, 11) is 0. The molecule has 2 unspecified atom stereocenters. The van der Waals surface area contributed by atoms with Crippen molar-refractivity contribution in [3.8, 4) is 12.3 Å². The first-order valence-corrected chi connectivity index (χ1v) is 7.71. The zero-order chi connectivity index (χ0) is 13.0. The highest BCUT2D eigenvalue weighted by Gasteiger charge is 2.40. The quantitative estimate of drug-likeness (QED) is 0.773. The molecule has 2 atom stereocenters. The molecule has 0 aromatic carbocycles. The van der Waals surface area contributed by atoms with Gasteiger partial charge in [-0.15, -0.1) is 6.42 Å². The Kier molecular flexibility index (Phi) is 4.70. The molecule has 1 N–H and O–H groups in total. The van der Waals surface area contributed by atoms with Crippen molar-refractivity contribution in [1.29, 1.82) is 0 Å². The molecule has 102 valence electrons. The van der Waals surface area contributed by atoms with Crippen molar-refractivity contribution in [1.82, 2.24) is 10.2 Å². The van der Waals surface area contributed by atoms with Gasteiger partial charge in [0, 0.05) is 24.7 Å². The number of nitrogens with zero attached hydrogens (tertiary/aromatic N) is 1. The van der Waals surface area contributed by atoms with Crippen molar-refractivity contribution in [2.24, 2.45) is 0 Å². The second-order valence-corrected chi connectivity index (χ2v) is 6.05. The number of nitrogens with one attached hydrogen (secondary N) is 1. The molecule has 1 aliphatic heterocycles. The van der Waals surface area contributed by atoms with E-state index in [-0.39, 0.29) is 0 Å². The van der Waals surface area contributed by atoms with E-state index in [0.717, 1.165) is 19.5 Å². The summed E-state index contributed by atoms with van der Waals surface area (Å²) in [4.78, 5) is 2.61. The molecule has 0 aromatic rings. The van der Waals surface area contributed by atoms with E-state index >= 15 is 0 Å². The van der Waals surface area contributed by atoms with Gasteiger partial charge >= 0.3 is 0 Å². The summed E-state index contributed by atoms with van der Waals surface area (Å²) in [6, 6.07) is 0.953. The van der Waals surface area contributed by atoms with E-state index in [1.807, 2.05) is 0 Å². The lowest BCUT2D eigenvalue weighted by Crippen LogP contribution is -2.66. The Balaban J connectivity index is 2.10. The van der Waals surface area contributed by atoms with E-state index in [2.05, 4.69) is 30.0 Å². The predicted molar refractivity (Wildman–Crippen MR) is 77.5 cm³/mol. The summed E-state index contributed by atoms with van der Waals surface area (Å²) in [5, 5.41) is 3.86. The molecule has 1 saturated carbocycles. The highest BCUT2D eigenvalue weighted by Crippen LogP contribution is 2.33. The predicted octanol–water partition coefficient (Wildman–Crippen LogP) is 2.78. The lowest BCUT2D eigenvalue weighted by molar-refractivity contribution is 0.0370. The van der Waals surface area contributed by atoms with Crippen LogP contribution >= 0.6 is 0 Å². The van der Waals surface area contributed by atoms with Crippen molar-refractivity contribution in [2.75, 3.05) is 13.1 Å². The van der Waals surface area contributed by atoms with Gasteiger partial charge in [-0.2, -0.15) is 0 Å². The number of hydrogen-bond acceptors (Lipinski definition) is 2. The van der Waals surface area contributed by atoms with Crippen LogP contribution in [-0.4, -0.2) is 35.6 Å². The van der Waals surface area contributed by atoms with Crippen LogP contribution in [0, 0.1) is 12.3 Å². The summed E-state index contributed by atoms with van der Waals surface area (Å²) >= 11 is 0. The van der Waals surface area contributed by atoms with E-state index in [4.69, 9.17) is 6.42 Å². The second kappa shape index (κ2) is 6.08. The lowest BCUT2D eigenvalue weighted by Gasteiger charge is -2.51. The van der Waals surface area contributed by atoms with Gasteiger partial charge < -0.3 is 5.32 Å². The van der Waals surface area contributed by atoms with Crippen LogP contribution < -0.4 is 5.32 Å². The third-order valence-corrected chi connectivity index (χ3v) is 4.93. The standard InChI is InChI=1S/C16H28N2/c1-4-14(5-2)18-13-16(10-8-7-9-11-16)17-12-15(18)6-3/h1,14-15,17H,5-13H2,2-3H3. The molecule has 18 heavy (non-hydrogen) atoms. The summed E-state index contributed by atoms with van der Waals surface area (Å²) in [5.74, 6) is 3.01. The van der Waals surface area contributed by atoms with Crippen LogP contribution in [0.1, 0.15) is 58.8 Å². The zero-order valence-corrected chi connectivity index (χ0v) is 12.0. The molecule has 2 aliphatic rings. The summed E-state index contributed by atoms with van der Waals surface area (Å²) in [6.45, 7) is 6.77. The minimum atomic E-state index is 0.329. The maximum atomic E-state index is 5.74. The number of rotatable bonds is 3. The van der Waals surface area contributed by atoms with Crippen LogP contribution in [0.2, 0.25) is 0 Å². The van der Waals surface area contributed by atoms with E-state index in [1.54, 1.807) is 0 Å². The first kappa shape index (κ1) is 13.9. The molecular weight excluding hydrogens is 220 g/mol. The number of piperazine rings is 1. The average molecular weight is 248 g/mol. The summed E-state index contributed by atoms with van der Waals surface area (Å²) in [6.07, 6.45) is 14.8. The molecule has 2 fully saturated rings. The lowest BCUT2D eigenvalue weighted by atomic mass is 9.78. The van der Waals surface area contributed by atoms with Crippen molar-refractivity contribution < 1.29 is 0 Å². The second-order valence-electron chi connectivity index (χ2n) is 6.05. The first-order valence-electron chi connectivity index (χ1n) is 7.71. The number of hydrogen-bond donors (Lipinski definition) is 1. The maximum Gasteiger partial charge on any atom is 0.0712 e. The van der Waals surface area contributed by atoms with E-state index in [0.29, 0.717) is 17.6 Å². The molecular formula is C16H28N2. The van der Waals surface area contributed by atoms with Crippen LogP contribution in [0.25, 0.3) is 0 Å². The Labute approximate surface area is 113 Å². The average Bonchev–Trinajstić information content (AvgIpc) is 2.41.